The fourth-order valence-corrected chi connectivity index (χ4v) is 4.49. The summed E-state index contributed by atoms with van der Waals surface area (Å²) in [5.74, 6) is 0.448. The number of halogens is 2. The maximum absolute atomic E-state index is 13.7. The standard InChI is InChI=1S/C31H36Cl2N2O3/c1-4-23(3)34-31(37)29(19-24-9-6-5-7-10-24)35(21-25-14-15-26(32)20-28(25)33)30(36)11-8-18-38-27-16-12-22(2)13-17-27/h5-7,9-10,12-17,20,23,29H,4,8,11,18-19,21H2,1-3H3,(H,34,37)/t23-,29+/m1/s1. The Bertz CT molecular complexity index is 1190. The molecular weight excluding hydrogens is 519 g/mol. The van der Waals surface area contributed by atoms with Gasteiger partial charge in [-0.3, -0.25) is 9.59 Å². The lowest BCUT2D eigenvalue weighted by Crippen LogP contribution is -2.52. The van der Waals surface area contributed by atoms with Gasteiger partial charge in [0.1, 0.15) is 11.8 Å². The van der Waals surface area contributed by atoms with Gasteiger partial charge >= 0.3 is 0 Å². The monoisotopic (exact) mass is 554 g/mol. The summed E-state index contributed by atoms with van der Waals surface area (Å²) in [5, 5.41) is 4.05. The van der Waals surface area contributed by atoms with Crippen LogP contribution in [0.3, 0.4) is 0 Å². The highest BCUT2D eigenvalue weighted by molar-refractivity contribution is 6.35. The second kappa shape index (κ2) is 14.8. The van der Waals surface area contributed by atoms with Gasteiger partial charge in [-0.2, -0.15) is 0 Å². The maximum atomic E-state index is 13.7. The molecule has 0 spiro atoms. The molecule has 0 heterocycles. The first-order valence-corrected chi connectivity index (χ1v) is 13.8. The van der Waals surface area contributed by atoms with Crippen LogP contribution in [0.4, 0.5) is 0 Å². The molecule has 2 atom stereocenters. The Hall–Kier alpha value is -3.02. The van der Waals surface area contributed by atoms with Crippen LogP contribution < -0.4 is 10.1 Å². The van der Waals surface area contributed by atoms with Crippen molar-refractivity contribution < 1.29 is 14.3 Å². The number of carbonyl (C=O) groups excluding carboxylic acids is 2. The van der Waals surface area contributed by atoms with Gasteiger partial charge in [-0.1, -0.05) is 84.2 Å². The van der Waals surface area contributed by atoms with Crippen LogP contribution in [-0.2, 0) is 22.6 Å². The van der Waals surface area contributed by atoms with Gasteiger partial charge in [-0.05, 0) is 62.1 Å². The van der Waals surface area contributed by atoms with Crippen LogP contribution in [0.15, 0.2) is 72.8 Å². The van der Waals surface area contributed by atoms with Gasteiger partial charge in [-0.15, -0.1) is 0 Å². The Morgan fingerprint density at radius 2 is 1.71 bits per heavy atom. The molecule has 0 saturated carbocycles. The summed E-state index contributed by atoms with van der Waals surface area (Å²) in [6.45, 7) is 6.59. The topological polar surface area (TPSA) is 58.6 Å². The van der Waals surface area contributed by atoms with Gasteiger partial charge in [0, 0.05) is 35.5 Å². The normalized spacial score (nSPS) is 12.4. The van der Waals surface area contributed by atoms with Crippen molar-refractivity contribution in [1.29, 1.82) is 0 Å². The van der Waals surface area contributed by atoms with Crippen molar-refractivity contribution in [2.24, 2.45) is 0 Å². The molecule has 0 unspecified atom stereocenters. The third-order valence-electron chi connectivity index (χ3n) is 6.45. The quantitative estimate of drug-likeness (QED) is 0.231. The van der Waals surface area contributed by atoms with Crippen LogP contribution in [0.5, 0.6) is 5.75 Å². The Morgan fingerprint density at radius 3 is 2.37 bits per heavy atom. The molecule has 0 radical (unpaired) electrons. The van der Waals surface area contributed by atoms with Crippen molar-refractivity contribution in [2.45, 2.75) is 65.1 Å². The van der Waals surface area contributed by atoms with E-state index in [0.717, 1.165) is 28.9 Å². The summed E-state index contributed by atoms with van der Waals surface area (Å²) in [7, 11) is 0. The molecule has 5 nitrogen and oxygen atoms in total. The fraction of sp³-hybridized carbons (Fsp3) is 0.355. The number of benzene rings is 3. The summed E-state index contributed by atoms with van der Waals surface area (Å²) >= 11 is 12.6. The Morgan fingerprint density at radius 1 is 1.00 bits per heavy atom. The highest BCUT2D eigenvalue weighted by Gasteiger charge is 2.31. The molecule has 0 aromatic heterocycles. The fourth-order valence-electron chi connectivity index (χ4n) is 4.02. The number of aryl methyl sites for hydroxylation is 1. The van der Waals surface area contributed by atoms with Gasteiger partial charge < -0.3 is 15.0 Å². The molecule has 3 aromatic carbocycles. The molecule has 2 amide bonds. The summed E-state index contributed by atoms with van der Waals surface area (Å²) in [5.41, 5.74) is 2.86. The first-order valence-electron chi connectivity index (χ1n) is 13.0. The van der Waals surface area contributed by atoms with E-state index in [2.05, 4.69) is 5.32 Å². The lowest BCUT2D eigenvalue weighted by Gasteiger charge is -2.32. The highest BCUT2D eigenvalue weighted by atomic mass is 35.5. The summed E-state index contributed by atoms with van der Waals surface area (Å²) < 4.78 is 5.83. The van der Waals surface area contributed by atoms with Crippen molar-refractivity contribution in [2.75, 3.05) is 6.61 Å². The molecule has 3 rings (SSSR count). The smallest absolute Gasteiger partial charge is 0.243 e. The van der Waals surface area contributed by atoms with E-state index in [4.69, 9.17) is 27.9 Å². The molecule has 202 valence electrons. The van der Waals surface area contributed by atoms with E-state index in [1.165, 1.54) is 0 Å². The van der Waals surface area contributed by atoms with Crippen molar-refractivity contribution in [3.8, 4) is 5.75 Å². The molecular formula is C31H36Cl2N2O3. The van der Waals surface area contributed by atoms with E-state index in [1.54, 1.807) is 23.1 Å². The third-order valence-corrected chi connectivity index (χ3v) is 7.04. The lowest BCUT2D eigenvalue weighted by atomic mass is 10.0. The number of hydrogen-bond acceptors (Lipinski definition) is 3. The minimum Gasteiger partial charge on any atom is -0.494 e. The van der Waals surface area contributed by atoms with E-state index in [9.17, 15) is 9.59 Å². The molecule has 0 saturated heterocycles. The highest BCUT2D eigenvalue weighted by Crippen LogP contribution is 2.25. The predicted octanol–water partition coefficient (Wildman–Crippen LogP) is 7.02. The summed E-state index contributed by atoms with van der Waals surface area (Å²) in [6, 6.07) is 22.0. The molecule has 3 aromatic rings. The number of ether oxygens (including phenoxy) is 1. The number of carbonyl (C=O) groups is 2. The summed E-state index contributed by atoms with van der Waals surface area (Å²) in [6.07, 6.45) is 1.93. The van der Waals surface area contributed by atoms with E-state index in [-0.39, 0.29) is 30.8 Å². The molecule has 7 heteroatoms. The Balaban J connectivity index is 1.82. The van der Waals surface area contributed by atoms with Gasteiger partial charge in [0.05, 0.1) is 6.61 Å². The van der Waals surface area contributed by atoms with E-state index >= 15 is 0 Å². The maximum Gasteiger partial charge on any atom is 0.243 e. The van der Waals surface area contributed by atoms with E-state index in [1.807, 2.05) is 75.4 Å². The molecule has 38 heavy (non-hydrogen) atoms. The second-order valence-electron chi connectivity index (χ2n) is 9.55. The molecule has 0 aliphatic rings. The molecule has 0 bridgehead atoms. The van der Waals surface area contributed by atoms with Crippen molar-refractivity contribution in [1.82, 2.24) is 10.2 Å². The lowest BCUT2D eigenvalue weighted by molar-refractivity contribution is -0.141. The van der Waals surface area contributed by atoms with Gasteiger partial charge in [0.2, 0.25) is 11.8 Å². The van der Waals surface area contributed by atoms with E-state index in [0.29, 0.717) is 29.5 Å². The van der Waals surface area contributed by atoms with Crippen LogP contribution in [0.25, 0.3) is 0 Å². The number of rotatable bonds is 13. The molecule has 1 N–H and O–H groups in total. The van der Waals surface area contributed by atoms with Crippen molar-refractivity contribution in [3.63, 3.8) is 0 Å². The van der Waals surface area contributed by atoms with Crippen LogP contribution >= 0.6 is 23.2 Å². The Labute approximate surface area is 236 Å². The Kier molecular flexibility index (Phi) is 11.5. The number of nitrogens with zero attached hydrogens (tertiary/aromatic N) is 1. The van der Waals surface area contributed by atoms with Crippen molar-refractivity contribution in [3.05, 3.63) is 99.5 Å². The number of hydrogen-bond donors (Lipinski definition) is 1. The first kappa shape index (κ1) is 29.5. The largest absolute Gasteiger partial charge is 0.494 e. The zero-order valence-corrected chi connectivity index (χ0v) is 23.8. The van der Waals surface area contributed by atoms with Crippen LogP contribution in [-0.4, -0.2) is 35.4 Å². The number of nitrogens with one attached hydrogen (secondary N) is 1. The number of amides is 2. The molecule has 0 aliphatic carbocycles. The SMILES string of the molecule is CC[C@@H](C)NC(=O)[C@H](Cc1ccccc1)N(Cc1ccc(Cl)cc1Cl)C(=O)CCCOc1ccc(C)cc1. The van der Waals surface area contributed by atoms with Crippen LogP contribution in [0.2, 0.25) is 10.0 Å². The molecule has 0 aliphatic heterocycles. The van der Waals surface area contributed by atoms with Crippen molar-refractivity contribution >= 4 is 35.0 Å². The van der Waals surface area contributed by atoms with Gasteiger partial charge in [-0.25, -0.2) is 0 Å². The average molecular weight is 556 g/mol. The zero-order chi connectivity index (χ0) is 27.5. The van der Waals surface area contributed by atoms with Gasteiger partial charge in [0.15, 0.2) is 0 Å². The first-order chi connectivity index (χ1) is 18.3. The predicted molar refractivity (Wildman–Crippen MR) is 155 cm³/mol. The second-order valence-corrected chi connectivity index (χ2v) is 10.4. The average Bonchev–Trinajstić information content (AvgIpc) is 2.91. The van der Waals surface area contributed by atoms with Crippen LogP contribution in [0, 0.1) is 6.92 Å². The minimum absolute atomic E-state index is 0.0141. The van der Waals surface area contributed by atoms with E-state index < -0.39 is 6.04 Å². The molecule has 0 fully saturated rings. The summed E-state index contributed by atoms with van der Waals surface area (Å²) in [4.78, 5) is 28.9. The zero-order valence-electron chi connectivity index (χ0n) is 22.3. The third kappa shape index (κ3) is 9.07. The minimum atomic E-state index is -0.705. The van der Waals surface area contributed by atoms with Gasteiger partial charge in [0.25, 0.3) is 0 Å². The van der Waals surface area contributed by atoms with Crippen LogP contribution in [0.1, 0.15) is 49.8 Å².